The summed E-state index contributed by atoms with van der Waals surface area (Å²) in [5.74, 6) is -0.108. The molecule has 0 fully saturated rings. The second-order valence-electron chi connectivity index (χ2n) is 4.25. The topological polar surface area (TPSA) is 54.0 Å². The summed E-state index contributed by atoms with van der Waals surface area (Å²) in [6.07, 6.45) is 1.72. The van der Waals surface area contributed by atoms with Crippen LogP contribution in [0.25, 0.3) is 0 Å². The van der Waals surface area contributed by atoms with E-state index in [1.165, 1.54) is 0 Å². The second-order valence-corrected chi connectivity index (χ2v) is 4.25. The number of nitrogens with one attached hydrogen (secondary N) is 2. The predicted octanol–water partition coefficient (Wildman–Crippen LogP) is 2.61. The van der Waals surface area contributed by atoms with Gasteiger partial charge in [-0.15, -0.1) is 0 Å². The molecule has 1 heterocycles. The molecule has 0 saturated heterocycles. The number of hydrogen-bond donors (Lipinski definition) is 2. The molecule has 2 rings (SSSR count). The van der Waals surface area contributed by atoms with Crippen LogP contribution in [0.2, 0.25) is 0 Å². The number of benzene rings is 1. The van der Waals surface area contributed by atoms with Crippen LogP contribution < -0.4 is 10.6 Å². The molecule has 1 atom stereocenters. The first-order valence-corrected chi connectivity index (χ1v) is 6.21. The fraction of sp³-hybridized carbons (Fsp3) is 0.200. The Morgan fingerprint density at radius 1 is 1.16 bits per heavy atom. The Morgan fingerprint density at radius 2 is 1.89 bits per heavy atom. The van der Waals surface area contributed by atoms with Crippen molar-refractivity contribution in [3.05, 3.63) is 59.9 Å². The Morgan fingerprint density at radius 3 is 2.58 bits per heavy atom. The first-order valence-electron chi connectivity index (χ1n) is 6.21. The summed E-state index contributed by atoms with van der Waals surface area (Å²) in [5, 5.41) is 5.96. The van der Waals surface area contributed by atoms with Crippen LogP contribution >= 0.6 is 0 Å². The number of aromatic nitrogens is 1. The zero-order chi connectivity index (χ0) is 13.7. The van der Waals surface area contributed by atoms with Crippen molar-refractivity contribution in [1.29, 1.82) is 0 Å². The summed E-state index contributed by atoms with van der Waals surface area (Å²) in [4.78, 5) is 16.5. The van der Waals surface area contributed by atoms with Gasteiger partial charge in [0.15, 0.2) is 0 Å². The number of carbonyl (C=O) groups excluding carboxylic acids is 1. The third-order valence-electron chi connectivity index (χ3n) is 2.92. The zero-order valence-corrected chi connectivity index (χ0v) is 11.1. The maximum absolute atomic E-state index is 12.2. The molecular weight excluding hydrogens is 238 g/mol. The first-order chi connectivity index (χ1) is 9.22. The summed E-state index contributed by atoms with van der Waals surface area (Å²) < 4.78 is 0. The summed E-state index contributed by atoms with van der Waals surface area (Å²) in [5.41, 5.74) is 2.29. The van der Waals surface area contributed by atoms with Crippen molar-refractivity contribution in [2.45, 2.75) is 13.0 Å². The van der Waals surface area contributed by atoms with Crippen molar-refractivity contribution < 1.29 is 4.79 Å². The Balaban J connectivity index is 2.13. The lowest BCUT2D eigenvalue weighted by Gasteiger charge is -2.15. The quantitative estimate of drug-likeness (QED) is 0.883. The maximum atomic E-state index is 12.2. The van der Waals surface area contributed by atoms with Crippen LogP contribution in [0.3, 0.4) is 0 Å². The number of rotatable bonds is 4. The van der Waals surface area contributed by atoms with Crippen LogP contribution in [0.5, 0.6) is 0 Å². The Labute approximate surface area is 112 Å². The van der Waals surface area contributed by atoms with Gasteiger partial charge in [0.05, 0.1) is 17.3 Å². The number of para-hydroxylation sites is 1. The van der Waals surface area contributed by atoms with Crippen LogP contribution in [-0.4, -0.2) is 17.9 Å². The monoisotopic (exact) mass is 255 g/mol. The molecule has 0 saturated carbocycles. The van der Waals surface area contributed by atoms with E-state index >= 15 is 0 Å². The molecule has 0 aliphatic rings. The van der Waals surface area contributed by atoms with E-state index in [0.717, 1.165) is 11.4 Å². The van der Waals surface area contributed by atoms with Gasteiger partial charge in [0.2, 0.25) is 0 Å². The van der Waals surface area contributed by atoms with Gasteiger partial charge in [0.25, 0.3) is 5.91 Å². The molecule has 1 amide bonds. The van der Waals surface area contributed by atoms with E-state index in [0.29, 0.717) is 5.56 Å². The minimum atomic E-state index is -0.126. The largest absolute Gasteiger partial charge is 0.387 e. The van der Waals surface area contributed by atoms with Gasteiger partial charge < -0.3 is 10.6 Å². The molecule has 0 radical (unpaired) electrons. The molecule has 2 N–H and O–H groups in total. The fourth-order valence-electron chi connectivity index (χ4n) is 1.88. The van der Waals surface area contributed by atoms with Gasteiger partial charge in [0.1, 0.15) is 0 Å². The third-order valence-corrected chi connectivity index (χ3v) is 2.92. The van der Waals surface area contributed by atoms with Crippen molar-refractivity contribution in [1.82, 2.24) is 10.3 Å². The number of carbonyl (C=O) groups is 1. The Kier molecular flexibility index (Phi) is 4.13. The maximum Gasteiger partial charge on any atom is 0.253 e. The normalized spacial score (nSPS) is 11.7. The molecule has 2 aromatic rings. The van der Waals surface area contributed by atoms with E-state index in [1.54, 1.807) is 19.3 Å². The van der Waals surface area contributed by atoms with Gasteiger partial charge in [-0.25, -0.2) is 0 Å². The van der Waals surface area contributed by atoms with E-state index in [4.69, 9.17) is 0 Å². The van der Waals surface area contributed by atoms with Crippen molar-refractivity contribution >= 4 is 11.6 Å². The highest BCUT2D eigenvalue weighted by atomic mass is 16.1. The van der Waals surface area contributed by atoms with Gasteiger partial charge in [-0.2, -0.15) is 0 Å². The number of amides is 1. The third kappa shape index (κ3) is 3.10. The standard InChI is InChI=1S/C15H17N3O/c1-11(13-8-5-6-10-17-13)18-15(19)12-7-3-4-9-14(12)16-2/h3-11,16H,1-2H3,(H,18,19). The molecule has 19 heavy (non-hydrogen) atoms. The Hall–Kier alpha value is -2.36. The van der Waals surface area contributed by atoms with Crippen LogP contribution in [0.4, 0.5) is 5.69 Å². The highest BCUT2D eigenvalue weighted by molar-refractivity contribution is 5.99. The minimum absolute atomic E-state index is 0.108. The molecule has 1 aromatic carbocycles. The van der Waals surface area contributed by atoms with E-state index in [9.17, 15) is 4.79 Å². The Bertz CT molecular complexity index is 554. The lowest BCUT2D eigenvalue weighted by molar-refractivity contribution is 0.0940. The van der Waals surface area contributed by atoms with Crippen LogP contribution in [0, 0.1) is 0 Å². The SMILES string of the molecule is CNc1ccccc1C(=O)NC(C)c1ccccn1. The van der Waals surface area contributed by atoms with E-state index < -0.39 is 0 Å². The highest BCUT2D eigenvalue weighted by Gasteiger charge is 2.14. The van der Waals surface area contributed by atoms with Gasteiger partial charge in [-0.05, 0) is 31.2 Å². The van der Waals surface area contributed by atoms with Gasteiger partial charge in [0, 0.05) is 18.9 Å². The minimum Gasteiger partial charge on any atom is -0.387 e. The van der Waals surface area contributed by atoms with Crippen molar-refractivity contribution in [2.24, 2.45) is 0 Å². The molecule has 4 nitrogen and oxygen atoms in total. The molecule has 0 bridgehead atoms. The number of anilines is 1. The molecular formula is C15H17N3O. The van der Waals surface area contributed by atoms with Crippen molar-refractivity contribution in [3.63, 3.8) is 0 Å². The van der Waals surface area contributed by atoms with Crippen molar-refractivity contribution in [3.8, 4) is 0 Å². The predicted molar refractivity (Wildman–Crippen MR) is 76.1 cm³/mol. The summed E-state index contributed by atoms with van der Waals surface area (Å²) >= 11 is 0. The number of hydrogen-bond acceptors (Lipinski definition) is 3. The van der Waals surface area contributed by atoms with E-state index in [2.05, 4.69) is 15.6 Å². The molecule has 0 aliphatic carbocycles. The smallest absolute Gasteiger partial charge is 0.253 e. The van der Waals surface area contributed by atoms with Gasteiger partial charge >= 0.3 is 0 Å². The van der Waals surface area contributed by atoms with Crippen LogP contribution in [0.15, 0.2) is 48.7 Å². The lowest BCUT2D eigenvalue weighted by Crippen LogP contribution is -2.27. The molecule has 1 aromatic heterocycles. The number of pyridine rings is 1. The molecule has 0 spiro atoms. The van der Waals surface area contributed by atoms with Gasteiger partial charge in [-0.1, -0.05) is 18.2 Å². The lowest BCUT2D eigenvalue weighted by atomic mass is 10.1. The van der Waals surface area contributed by atoms with Crippen LogP contribution in [-0.2, 0) is 0 Å². The summed E-state index contributed by atoms with van der Waals surface area (Å²) in [6.45, 7) is 1.92. The van der Waals surface area contributed by atoms with E-state index in [1.807, 2.05) is 43.3 Å². The molecule has 4 heteroatoms. The van der Waals surface area contributed by atoms with Crippen molar-refractivity contribution in [2.75, 3.05) is 12.4 Å². The summed E-state index contributed by atoms with van der Waals surface area (Å²) in [6, 6.07) is 13.0. The molecule has 98 valence electrons. The second kappa shape index (κ2) is 6.00. The number of nitrogens with zero attached hydrogens (tertiary/aromatic N) is 1. The average Bonchev–Trinajstić information content (AvgIpc) is 2.48. The summed E-state index contributed by atoms with van der Waals surface area (Å²) in [7, 11) is 1.80. The highest BCUT2D eigenvalue weighted by Crippen LogP contribution is 2.16. The van der Waals surface area contributed by atoms with E-state index in [-0.39, 0.29) is 11.9 Å². The molecule has 0 aliphatic heterocycles. The van der Waals surface area contributed by atoms with Crippen LogP contribution in [0.1, 0.15) is 29.0 Å². The molecule has 1 unspecified atom stereocenters. The van der Waals surface area contributed by atoms with Gasteiger partial charge in [-0.3, -0.25) is 9.78 Å². The average molecular weight is 255 g/mol. The zero-order valence-electron chi connectivity index (χ0n) is 11.1. The fourth-order valence-corrected chi connectivity index (χ4v) is 1.88. The first kappa shape index (κ1) is 13.1.